The average molecular weight is 499 g/mol. The third kappa shape index (κ3) is 5.30. The fourth-order valence-electron chi connectivity index (χ4n) is 5.32. The van der Waals surface area contributed by atoms with Gasteiger partial charge in [0, 0.05) is 32.6 Å². The van der Waals surface area contributed by atoms with Gasteiger partial charge in [0.15, 0.2) is 0 Å². The number of hydrogen-bond acceptors (Lipinski definition) is 4. The van der Waals surface area contributed by atoms with Crippen LogP contribution in [0.25, 0.3) is 0 Å². The van der Waals surface area contributed by atoms with Gasteiger partial charge in [-0.05, 0) is 73.7 Å². The predicted octanol–water partition coefficient (Wildman–Crippen LogP) is 5.56. The van der Waals surface area contributed by atoms with Crippen LogP contribution in [0.15, 0.2) is 65.8 Å². The van der Waals surface area contributed by atoms with Gasteiger partial charge in [0.25, 0.3) is 5.91 Å². The van der Waals surface area contributed by atoms with Crippen molar-refractivity contribution >= 4 is 17.3 Å². The summed E-state index contributed by atoms with van der Waals surface area (Å²) < 4.78 is 14.2. The molecule has 192 valence electrons. The molecule has 2 heterocycles. The molecule has 37 heavy (non-hydrogen) atoms. The van der Waals surface area contributed by atoms with Crippen LogP contribution in [-0.2, 0) is 4.79 Å². The third-order valence-electron chi connectivity index (χ3n) is 7.72. The molecule has 0 N–H and O–H groups in total. The van der Waals surface area contributed by atoms with Crippen molar-refractivity contribution in [3.63, 3.8) is 0 Å². The fraction of sp³-hybridized carbons (Fsp3) is 0.355. The zero-order chi connectivity index (χ0) is 26.1. The van der Waals surface area contributed by atoms with Crippen LogP contribution in [0.3, 0.4) is 0 Å². The highest BCUT2D eigenvalue weighted by Gasteiger charge is 2.35. The molecule has 5 rings (SSSR count). The Labute approximate surface area is 219 Å². The lowest BCUT2D eigenvalue weighted by atomic mass is 9.93. The number of carbonyl (C=O) groups is 1. The smallest absolute Gasteiger partial charge is 0.257 e. The topological polar surface area (TPSA) is 39.2 Å². The van der Waals surface area contributed by atoms with E-state index >= 15 is 0 Å². The molecule has 0 bridgehead atoms. The second-order valence-electron chi connectivity index (χ2n) is 10.4. The van der Waals surface area contributed by atoms with Crippen LogP contribution in [0.2, 0.25) is 0 Å². The van der Waals surface area contributed by atoms with E-state index in [4.69, 9.17) is 5.10 Å². The SMILES string of the molecule is Cc1ccc(C)c(C2CC(c3ccc(C)c(C)c3)=NN2C(=O)CN2CCN(c3ccccc3F)CC2)c1. The zero-order valence-corrected chi connectivity index (χ0v) is 22.2. The monoisotopic (exact) mass is 498 g/mol. The van der Waals surface area contributed by atoms with Gasteiger partial charge in [-0.25, -0.2) is 9.40 Å². The third-order valence-corrected chi connectivity index (χ3v) is 7.72. The van der Waals surface area contributed by atoms with Gasteiger partial charge in [-0.15, -0.1) is 0 Å². The number of para-hydroxylation sites is 1. The number of rotatable bonds is 5. The molecule has 0 spiro atoms. The Morgan fingerprint density at radius 3 is 2.35 bits per heavy atom. The molecule has 0 radical (unpaired) electrons. The zero-order valence-electron chi connectivity index (χ0n) is 22.2. The standard InChI is InChI=1S/C31H35FN4O/c1-21-9-10-23(3)26(17-21)30-19-28(25-12-11-22(2)24(4)18-25)33-36(30)31(37)20-34-13-15-35(16-14-34)29-8-6-5-7-27(29)32/h5-12,17-18,30H,13-16,19-20H2,1-4H3. The van der Waals surface area contributed by atoms with E-state index in [0.29, 0.717) is 44.8 Å². The maximum absolute atomic E-state index is 14.2. The minimum atomic E-state index is -0.200. The van der Waals surface area contributed by atoms with Gasteiger partial charge in [0.2, 0.25) is 0 Å². The molecular weight excluding hydrogens is 463 g/mol. The van der Waals surface area contributed by atoms with Crippen molar-refractivity contribution < 1.29 is 9.18 Å². The van der Waals surface area contributed by atoms with E-state index in [1.165, 1.54) is 28.3 Å². The van der Waals surface area contributed by atoms with Crippen LogP contribution in [0.4, 0.5) is 10.1 Å². The van der Waals surface area contributed by atoms with Crippen LogP contribution in [0.1, 0.15) is 45.8 Å². The lowest BCUT2D eigenvalue weighted by Gasteiger charge is -2.36. The molecule has 1 saturated heterocycles. The quantitative estimate of drug-likeness (QED) is 0.462. The molecule has 3 aromatic rings. The first kappa shape index (κ1) is 25.2. The summed E-state index contributed by atoms with van der Waals surface area (Å²) in [7, 11) is 0. The van der Waals surface area contributed by atoms with Gasteiger partial charge in [0.05, 0.1) is 24.0 Å². The van der Waals surface area contributed by atoms with Crippen LogP contribution in [0.5, 0.6) is 0 Å². The van der Waals surface area contributed by atoms with Crippen LogP contribution in [0, 0.1) is 33.5 Å². The van der Waals surface area contributed by atoms with E-state index in [2.05, 4.69) is 73.9 Å². The number of piperazine rings is 1. The average Bonchev–Trinajstić information content (AvgIpc) is 3.33. The number of hydrazone groups is 1. The molecule has 0 saturated carbocycles. The number of amides is 1. The first-order valence-corrected chi connectivity index (χ1v) is 13.1. The highest BCUT2D eigenvalue weighted by molar-refractivity contribution is 6.03. The molecule has 1 atom stereocenters. The Bertz CT molecular complexity index is 1340. The highest BCUT2D eigenvalue weighted by atomic mass is 19.1. The molecule has 1 unspecified atom stereocenters. The first-order valence-electron chi connectivity index (χ1n) is 13.1. The van der Waals surface area contributed by atoms with Crippen molar-refractivity contribution in [1.29, 1.82) is 0 Å². The minimum Gasteiger partial charge on any atom is -0.367 e. The molecule has 2 aliphatic rings. The molecule has 0 aliphatic carbocycles. The Morgan fingerprint density at radius 2 is 1.62 bits per heavy atom. The van der Waals surface area contributed by atoms with E-state index in [9.17, 15) is 9.18 Å². The lowest BCUT2D eigenvalue weighted by molar-refractivity contribution is -0.134. The summed E-state index contributed by atoms with van der Waals surface area (Å²) >= 11 is 0. The van der Waals surface area contributed by atoms with Gasteiger partial charge in [-0.3, -0.25) is 9.69 Å². The number of anilines is 1. The second-order valence-corrected chi connectivity index (χ2v) is 10.4. The highest BCUT2D eigenvalue weighted by Crippen LogP contribution is 2.35. The van der Waals surface area contributed by atoms with Crippen molar-refractivity contribution in [1.82, 2.24) is 9.91 Å². The Morgan fingerprint density at radius 1 is 0.892 bits per heavy atom. The summed E-state index contributed by atoms with van der Waals surface area (Å²) in [5, 5.41) is 6.63. The van der Waals surface area contributed by atoms with E-state index < -0.39 is 0 Å². The second kappa shape index (κ2) is 10.5. The summed E-state index contributed by atoms with van der Waals surface area (Å²) in [6.07, 6.45) is 0.694. The Hall–Kier alpha value is -3.51. The minimum absolute atomic E-state index is 0.00378. The molecule has 1 fully saturated rings. The van der Waals surface area contributed by atoms with Crippen molar-refractivity contribution in [2.75, 3.05) is 37.6 Å². The summed E-state index contributed by atoms with van der Waals surface area (Å²) in [4.78, 5) is 17.9. The molecule has 1 amide bonds. The largest absolute Gasteiger partial charge is 0.367 e. The fourth-order valence-corrected chi connectivity index (χ4v) is 5.32. The number of benzene rings is 3. The van der Waals surface area contributed by atoms with Gasteiger partial charge in [-0.2, -0.15) is 5.10 Å². The summed E-state index contributed by atoms with van der Waals surface area (Å²) in [5.41, 5.74) is 8.63. The molecule has 5 nitrogen and oxygen atoms in total. The maximum Gasteiger partial charge on any atom is 0.257 e. The van der Waals surface area contributed by atoms with Gasteiger partial charge < -0.3 is 4.90 Å². The first-order chi connectivity index (χ1) is 17.8. The van der Waals surface area contributed by atoms with Crippen molar-refractivity contribution in [3.8, 4) is 0 Å². The van der Waals surface area contributed by atoms with Crippen LogP contribution in [-0.4, -0.2) is 54.3 Å². The molecule has 2 aliphatic heterocycles. The van der Waals surface area contributed by atoms with Crippen molar-refractivity contribution in [2.45, 2.75) is 40.2 Å². The van der Waals surface area contributed by atoms with Gasteiger partial charge in [-0.1, -0.05) is 48.0 Å². The summed E-state index contributed by atoms with van der Waals surface area (Å²) in [5.74, 6) is -0.197. The molecule has 0 aromatic heterocycles. The number of hydrogen-bond donors (Lipinski definition) is 0. The van der Waals surface area contributed by atoms with Crippen molar-refractivity contribution in [3.05, 3.63) is 99.9 Å². The van der Waals surface area contributed by atoms with E-state index in [-0.39, 0.29) is 17.8 Å². The van der Waals surface area contributed by atoms with E-state index in [1.54, 1.807) is 11.1 Å². The maximum atomic E-state index is 14.2. The number of halogens is 1. The Balaban J connectivity index is 1.35. The van der Waals surface area contributed by atoms with E-state index in [1.807, 2.05) is 12.1 Å². The summed E-state index contributed by atoms with van der Waals surface area (Å²) in [6, 6.07) is 19.6. The van der Waals surface area contributed by atoms with Crippen LogP contribution < -0.4 is 4.90 Å². The number of carbonyl (C=O) groups excluding carboxylic acids is 1. The van der Waals surface area contributed by atoms with Gasteiger partial charge in [0.1, 0.15) is 5.82 Å². The predicted molar refractivity (Wildman–Crippen MR) is 148 cm³/mol. The van der Waals surface area contributed by atoms with Crippen molar-refractivity contribution in [2.24, 2.45) is 5.10 Å². The van der Waals surface area contributed by atoms with Crippen LogP contribution >= 0.6 is 0 Å². The number of aryl methyl sites for hydroxylation is 4. The number of nitrogens with zero attached hydrogens (tertiary/aromatic N) is 4. The van der Waals surface area contributed by atoms with Gasteiger partial charge >= 0.3 is 0 Å². The molecule has 6 heteroatoms. The normalized spacial score (nSPS) is 18.3. The lowest BCUT2D eigenvalue weighted by Crippen LogP contribution is -2.49. The Kier molecular flexibility index (Phi) is 7.11. The summed E-state index contributed by atoms with van der Waals surface area (Å²) in [6.45, 7) is 11.5. The van der Waals surface area contributed by atoms with E-state index in [0.717, 1.165) is 16.8 Å². The molecular formula is C31H35FN4O. The molecule has 3 aromatic carbocycles.